The van der Waals surface area contributed by atoms with Crippen molar-refractivity contribution in [3.05, 3.63) is 18.3 Å². The SMILES string of the molecule is COc1ccnc(OC(=O)N2CCN(C(C)C)CC2C2CCNCC2)c1. The van der Waals surface area contributed by atoms with Crippen LogP contribution in [0.1, 0.15) is 26.7 Å². The zero-order valence-corrected chi connectivity index (χ0v) is 16.0. The number of pyridine rings is 1. The molecule has 2 saturated heterocycles. The minimum absolute atomic E-state index is 0.186. The molecule has 2 aliphatic heterocycles. The minimum Gasteiger partial charge on any atom is -0.497 e. The van der Waals surface area contributed by atoms with E-state index in [2.05, 4.69) is 29.0 Å². The predicted molar refractivity (Wildman–Crippen MR) is 99.6 cm³/mol. The molecule has 0 bridgehead atoms. The Morgan fingerprint density at radius 1 is 1.31 bits per heavy atom. The summed E-state index contributed by atoms with van der Waals surface area (Å²) in [7, 11) is 1.58. The van der Waals surface area contributed by atoms with Crippen LogP contribution in [0.15, 0.2) is 18.3 Å². The Hall–Kier alpha value is -1.86. The summed E-state index contributed by atoms with van der Waals surface area (Å²) < 4.78 is 10.8. The molecule has 1 N–H and O–H groups in total. The van der Waals surface area contributed by atoms with Crippen molar-refractivity contribution in [2.45, 2.75) is 38.8 Å². The van der Waals surface area contributed by atoms with Gasteiger partial charge in [0, 0.05) is 37.9 Å². The monoisotopic (exact) mass is 362 g/mol. The fourth-order valence-corrected chi connectivity index (χ4v) is 3.88. The number of hydrogen-bond donors (Lipinski definition) is 1. The predicted octanol–water partition coefficient (Wildman–Crippen LogP) is 1.98. The van der Waals surface area contributed by atoms with Crippen molar-refractivity contribution in [1.29, 1.82) is 0 Å². The largest absolute Gasteiger partial charge is 0.497 e. The lowest BCUT2D eigenvalue weighted by Crippen LogP contribution is -2.60. The van der Waals surface area contributed by atoms with Crippen LogP contribution >= 0.6 is 0 Å². The van der Waals surface area contributed by atoms with Crippen LogP contribution in [0.4, 0.5) is 4.79 Å². The lowest BCUT2D eigenvalue weighted by atomic mass is 9.87. The van der Waals surface area contributed by atoms with Gasteiger partial charge in [-0.25, -0.2) is 9.78 Å². The molecular formula is C19H30N4O3. The molecule has 2 fully saturated rings. The van der Waals surface area contributed by atoms with Crippen LogP contribution in [0.2, 0.25) is 0 Å². The summed E-state index contributed by atoms with van der Waals surface area (Å²) in [4.78, 5) is 21.4. The molecule has 144 valence electrons. The number of nitrogens with zero attached hydrogens (tertiary/aromatic N) is 3. The number of rotatable bonds is 4. The highest BCUT2D eigenvalue weighted by molar-refractivity contribution is 5.71. The molecule has 1 unspecified atom stereocenters. The quantitative estimate of drug-likeness (QED) is 0.883. The molecule has 0 saturated carbocycles. The van der Waals surface area contributed by atoms with Crippen molar-refractivity contribution in [3.63, 3.8) is 0 Å². The first kappa shape index (κ1) is 18.9. The number of piperidine rings is 1. The Morgan fingerprint density at radius 3 is 2.77 bits per heavy atom. The summed E-state index contributed by atoms with van der Waals surface area (Å²) in [5, 5.41) is 3.41. The molecule has 3 heterocycles. The molecule has 1 amide bonds. The number of nitrogens with one attached hydrogen (secondary N) is 1. The fourth-order valence-electron chi connectivity index (χ4n) is 3.88. The van der Waals surface area contributed by atoms with Crippen LogP contribution in [0.5, 0.6) is 11.6 Å². The minimum atomic E-state index is -0.308. The summed E-state index contributed by atoms with van der Waals surface area (Å²) in [6.45, 7) is 8.94. The smallest absolute Gasteiger partial charge is 0.416 e. The van der Waals surface area contributed by atoms with Crippen molar-refractivity contribution >= 4 is 6.09 Å². The van der Waals surface area contributed by atoms with Gasteiger partial charge in [0.05, 0.1) is 13.2 Å². The zero-order chi connectivity index (χ0) is 18.5. The van der Waals surface area contributed by atoms with Gasteiger partial charge in [0.25, 0.3) is 0 Å². The molecule has 0 radical (unpaired) electrons. The molecule has 1 aromatic rings. The van der Waals surface area contributed by atoms with E-state index in [-0.39, 0.29) is 18.0 Å². The second kappa shape index (κ2) is 8.68. The van der Waals surface area contributed by atoms with E-state index in [4.69, 9.17) is 9.47 Å². The number of amides is 1. The maximum absolute atomic E-state index is 12.9. The fraction of sp³-hybridized carbons (Fsp3) is 0.684. The number of carbonyl (C=O) groups is 1. The molecule has 1 aromatic heterocycles. The second-order valence-corrected chi connectivity index (χ2v) is 7.34. The van der Waals surface area contributed by atoms with Crippen LogP contribution in [0.3, 0.4) is 0 Å². The van der Waals surface area contributed by atoms with Crippen LogP contribution in [-0.4, -0.2) is 72.8 Å². The van der Waals surface area contributed by atoms with Crippen LogP contribution in [0.25, 0.3) is 0 Å². The zero-order valence-electron chi connectivity index (χ0n) is 16.0. The topological polar surface area (TPSA) is 66.9 Å². The first-order valence-electron chi connectivity index (χ1n) is 9.51. The van der Waals surface area contributed by atoms with E-state index in [9.17, 15) is 4.79 Å². The van der Waals surface area contributed by atoms with Gasteiger partial charge in [-0.05, 0) is 51.8 Å². The average Bonchev–Trinajstić information content (AvgIpc) is 2.68. The molecule has 0 aliphatic carbocycles. The van der Waals surface area contributed by atoms with Crippen LogP contribution < -0.4 is 14.8 Å². The molecule has 1 atom stereocenters. The third-order valence-corrected chi connectivity index (χ3v) is 5.48. The van der Waals surface area contributed by atoms with Crippen molar-refractivity contribution in [1.82, 2.24) is 20.1 Å². The van der Waals surface area contributed by atoms with Gasteiger partial charge in [-0.1, -0.05) is 0 Å². The molecule has 0 aromatic carbocycles. The standard InChI is InChI=1S/C19H30N4O3/c1-14(2)22-10-11-23(17(13-22)15-4-7-20-8-5-15)19(24)26-18-12-16(25-3)6-9-21-18/h6,9,12,14-15,17,20H,4-5,7-8,10-11,13H2,1-3H3. The van der Waals surface area contributed by atoms with Crippen molar-refractivity contribution in [3.8, 4) is 11.6 Å². The van der Waals surface area contributed by atoms with Gasteiger partial charge in [0.15, 0.2) is 0 Å². The molecule has 3 rings (SSSR count). The third-order valence-electron chi connectivity index (χ3n) is 5.48. The summed E-state index contributed by atoms with van der Waals surface area (Å²) in [6, 6.07) is 4.04. The number of carbonyl (C=O) groups excluding carboxylic acids is 1. The molecule has 0 spiro atoms. The summed E-state index contributed by atoms with van der Waals surface area (Å²) in [6.07, 6.45) is 3.47. The van der Waals surface area contributed by atoms with E-state index in [0.717, 1.165) is 39.0 Å². The van der Waals surface area contributed by atoms with Gasteiger partial charge in [-0.2, -0.15) is 0 Å². The Labute approximate surface area is 155 Å². The van der Waals surface area contributed by atoms with Crippen molar-refractivity contribution in [2.75, 3.05) is 39.8 Å². The van der Waals surface area contributed by atoms with Gasteiger partial charge in [-0.15, -0.1) is 0 Å². The maximum atomic E-state index is 12.9. The van der Waals surface area contributed by atoms with E-state index in [0.29, 0.717) is 24.3 Å². The highest BCUT2D eigenvalue weighted by Crippen LogP contribution is 2.27. The highest BCUT2D eigenvalue weighted by atomic mass is 16.6. The molecule has 26 heavy (non-hydrogen) atoms. The van der Waals surface area contributed by atoms with Crippen molar-refractivity contribution in [2.24, 2.45) is 5.92 Å². The first-order valence-corrected chi connectivity index (χ1v) is 9.51. The summed E-state index contributed by atoms with van der Waals surface area (Å²) in [5.41, 5.74) is 0. The van der Waals surface area contributed by atoms with E-state index < -0.39 is 0 Å². The van der Waals surface area contributed by atoms with Gasteiger partial charge < -0.3 is 19.7 Å². The van der Waals surface area contributed by atoms with E-state index in [1.54, 1.807) is 25.4 Å². The van der Waals surface area contributed by atoms with Gasteiger partial charge >= 0.3 is 6.09 Å². The Balaban J connectivity index is 1.72. The highest BCUT2D eigenvalue weighted by Gasteiger charge is 2.37. The molecular weight excluding hydrogens is 332 g/mol. The summed E-state index contributed by atoms with van der Waals surface area (Å²) in [5.74, 6) is 1.41. The number of ether oxygens (including phenoxy) is 2. The number of aromatic nitrogens is 1. The lowest BCUT2D eigenvalue weighted by molar-refractivity contribution is 0.0268. The number of methoxy groups -OCH3 is 1. The van der Waals surface area contributed by atoms with E-state index in [1.165, 1.54) is 0 Å². The van der Waals surface area contributed by atoms with Gasteiger partial charge in [0.1, 0.15) is 5.75 Å². The third kappa shape index (κ3) is 4.45. The molecule has 7 nitrogen and oxygen atoms in total. The Morgan fingerprint density at radius 2 is 2.08 bits per heavy atom. The lowest BCUT2D eigenvalue weighted by Gasteiger charge is -2.46. The van der Waals surface area contributed by atoms with Crippen LogP contribution in [0, 0.1) is 5.92 Å². The van der Waals surface area contributed by atoms with Crippen LogP contribution in [-0.2, 0) is 0 Å². The molecule has 7 heteroatoms. The Bertz CT molecular complexity index is 604. The molecule has 2 aliphatic rings. The Kier molecular flexibility index (Phi) is 6.32. The van der Waals surface area contributed by atoms with Gasteiger partial charge in [-0.3, -0.25) is 4.90 Å². The van der Waals surface area contributed by atoms with Gasteiger partial charge in [0.2, 0.25) is 5.88 Å². The summed E-state index contributed by atoms with van der Waals surface area (Å²) >= 11 is 0. The number of hydrogen-bond acceptors (Lipinski definition) is 6. The number of piperazine rings is 1. The normalized spacial score (nSPS) is 22.5. The maximum Gasteiger partial charge on any atom is 0.416 e. The average molecular weight is 362 g/mol. The van der Waals surface area contributed by atoms with E-state index >= 15 is 0 Å². The van der Waals surface area contributed by atoms with E-state index in [1.807, 2.05) is 4.90 Å². The first-order chi connectivity index (χ1) is 12.6. The second-order valence-electron chi connectivity index (χ2n) is 7.34. The van der Waals surface area contributed by atoms with Crippen molar-refractivity contribution < 1.29 is 14.3 Å².